The van der Waals surface area contributed by atoms with Gasteiger partial charge in [-0.2, -0.15) is 0 Å². The van der Waals surface area contributed by atoms with Crippen LogP contribution in [0.2, 0.25) is 0 Å². The van der Waals surface area contributed by atoms with E-state index in [-0.39, 0.29) is 0 Å². The molecule has 0 spiro atoms. The standard InChI is InChI=1S/C18H34.C14H26/c1-3-5-7-9-11-13-15-17-18-16-14-12-10-8-6-4-2;1-3-5-7-9-11-13-14-12-10-8-6-4-2/h1H,4-18H2,2H3;1H,4-14H2,2H3. The second-order valence-corrected chi connectivity index (χ2v) is 9.69. The maximum Gasteiger partial charge on any atom is 0.00860 e. The fraction of sp³-hybridized carbons (Fsp3) is 0.875. The van der Waals surface area contributed by atoms with Gasteiger partial charge in [-0.1, -0.05) is 155 Å². The highest BCUT2D eigenvalue weighted by Gasteiger charge is 1.94. The highest BCUT2D eigenvalue weighted by Crippen LogP contribution is 2.13. The summed E-state index contributed by atoms with van der Waals surface area (Å²) in [4.78, 5) is 0. The Balaban J connectivity index is 0. The lowest BCUT2D eigenvalue weighted by Crippen LogP contribution is -1.83. The molecule has 0 saturated carbocycles. The molecule has 0 aromatic carbocycles. The summed E-state index contributed by atoms with van der Waals surface area (Å²) in [6.45, 7) is 4.55. The van der Waals surface area contributed by atoms with E-state index in [1.807, 2.05) is 0 Å². The van der Waals surface area contributed by atoms with Crippen LogP contribution in [0.25, 0.3) is 0 Å². The average molecular weight is 445 g/mol. The van der Waals surface area contributed by atoms with E-state index in [2.05, 4.69) is 25.7 Å². The van der Waals surface area contributed by atoms with Crippen LogP contribution in [0.15, 0.2) is 0 Å². The minimum Gasteiger partial charge on any atom is -0.120 e. The van der Waals surface area contributed by atoms with E-state index < -0.39 is 0 Å². The largest absolute Gasteiger partial charge is 0.120 e. The van der Waals surface area contributed by atoms with Gasteiger partial charge in [-0.3, -0.25) is 0 Å². The number of hydrogen-bond donors (Lipinski definition) is 0. The van der Waals surface area contributed by atoms with Crippen LogP contribution in [0.5, 0.6) is 0 Å². The third-order valence-electron chi connectivity index (χ3n) is 6.35. The SMILES string of the molecule is C#CCCCCCCCCCCCC.C#CCCCCCCCCCCCCCCCC. The quantitative estimate of drug-likeness (QED) is 0.102. The molecule has 0 aliphatic heterocycles. The molecule has 0 rings (SSSR count). The van der Waals surface area contributed by atoms with Gasteiger partial charge >= 0.3 is 0 Å². The molecular formula is C32H60. The second-order valence-electron chi connectivity index (χ2n) is 9.69. The summed E-state index contributed by atoms with van der Waals surface area (Å²) in [5.41, 5.74) is 0. The molecule has 188 valence electrons. The molecule has 0 heteroatoms. The molecule has 0 radical (unpaired) electrons. The summed E-state index contributed by atoms with van der Waals surface area (Å²) in [6, 6.07) is 0. The van der Waals surface area contributed by atoms with E-state index in [4.69, 9.17) is 12.8 Å². The second kappa shape index (κ2) is 34.7. The number of hydrogen-bond acceptors (Lipinski definition) is 0. The van der Waals surface area contributed by atoms with Crippen molar-refractivity contribution in [3.05, 3.63) is 0 Å². The molecule has 0 aromatic rings. The lowest BCUT2D eigenvalue weighted by Gasteiger charge is -2.02. The smallest absolute Gasteiger partial charge is 0.00860 e. The number of terminal acetylenes is 2. The molecule has 0 N–H and O–H groups in total. The maximum atomic E-state index is 5.23. The van der Waals surface area contributed by atoms with Crippen LogP contribution in [0, 0.1) is 24.7 Å². The molecule has 0 bridgehead atoms. The zero-order chi connectivity index (χ0) is 23.8. The van der Waals surface area contributed by atoms with Crippen LogP contribution in [0.1, 0.15) is 181 Å². The lowest BCUT2D eigenvalue weighted by molar-refractivity contribution is 0.536. The van der Waals surface area contributed by atoms with Crippen molar-refractivity contribution in [2.45, 2.75) is 181 Å². The Morgan fingerprint density at radius 3 is 0.688 bits per heavy atom. The van der Waals surface area contributed by atoms with Crippen molar-refractivity contribution in [2.24, 2.45) is 0 Å². The maximum absolute atomic E-state index is 5.23. The first-order chi connectivity index (χ1) is 15.8. The van der Waals surface area contributed by atoms with Crippen LogP contribution < -0.4 is 0 Å². The van der Waals surface area contributed by atoms with Gasteiger partial charge < -0.3 is 0 Å². The van der Waals surface area contributed by atoms with E-state index >= 15 is 0 Å². The summed E-state index contributed by atoms with van der Waals surface area (Å²) in [5, 5.41) is 0. The van der Waals surface area contributed by atoms with E-state index in [1.165, 1.54) is 154 Å². The molecule has 32 heavy (non-hydrogen) atoms. The van der Waals surface area contributed by atoms with Crippen LogP contribution in [-0.4, -0.2) is 0 Å². The number of rotatable bonds is 24. The molecule has 0 atom stereocenters. The molecule has 0 aromatic heterocycles. The Bertz CT molecular complexity index is 380. The van der Waals surface area contributed by atoms with Crippen molar-refractivity contribution in [2.75, 3.05) is 0 Å². The fourth-order valence-corrected chi connectivity index (χ4v) is 4.14. The summed E-state index contributed by atoms with van der Waals surface area (Å²) < 4.78 is 0. The average Bonchev–Trinajstić information content (AvgIpc) is 2.81. The Hall–Kier alpha value is -0.880. The molecular weight excluding hydrogens is 384 g/mol. The van der Waals surface area contributed by atoms with Gasteiger partial charge in [0, 0.05) is 12.8 Å². The van der Waals surface area contributed by atoms with Crippen LogP contribution in [0.4, 0.5) is 0 Å². The van der Waals surface area contributed by atoms with Gasteiger partial charge in [-0.15, -0.1) is 24.7 Å². The molecule has 0 saturated heterocycles. The highest BCUT2D eigenvalue weighted by atomic mass is 14.0. The third-order valence-corrected chi connectivity index (χ3v) is 6.35. The summed E-state index contributed by atoms with van der Waals surface area (Å²) in [7, 11) is 0. The Morgan fingerprint density at radius 1 is 0.312 bits per heavy atom. The van der Waals surface area contributed by atoms with Gasteiger partial charge in [0.1, 0.15) is 0 Å². The van der Waals surface area contributed by atoms with Gasteiger partial charge in [-0.05, 0) is 12.8 Å². The van der Waals surface area contributed by atoms with E-state index in [0.29, 0.717) is 0 Å². The topological polar surface area (TPSA) is 0 Å². The van der Waals surface area contributed by atoms with Crippen LogP contribution >= 0.6 is 0 Å². The van der Waals surface area contributed by atoms with Gasteiger partial charge in [-0.25, -0.2) is 0 Å². The fourth-order valence-electron chi connectivity index (χ4n) is 4.14. The first-order valence-electron chi connectivity index (χ1n) is 14.7. The summed E-state index contributed by atoms with van der Waals surface area (Å²) >= 11 is 0. The van der Waals surface area contributed by atoms with Crippen molar-refractivity contribution in [3.8, 4) is 24.7 Å². The van der Waals surface area contributed by atoms with Crippen molar-refractivity contribution < 1.29 is 0 Å². The predicted octanol–water partition coefficient (Wildman–Crippen LogP) is 11.4. The molecule has 0 heterocycles. The number of unbranched alkanes of at least 4 members (excludes halogenated alkanes) is 24. The molecule has 0 aliphatic rings. The monoisotopic (exact) mass is 444 g/mol. The van der Waals surface area contributed by atoms with Crippen LogP contribution in [0.3, 0.4) is 0 Å². The van der Waals surface area contributed by atoms with Gasteiger partial charge in [0.05, 0.1) is 0 Å². The zero-order valence-corrected chi connectivity index (χ0v) is 22.5. The lowest BCUT2D eigenvalue weighted by atomic mass is 10.0. The minimum atomic E-state index is 0.969. The Morgan fingerprint density at radius 2 is 0.500 bits per heavy atom. The van der Waals surface area contributed by atoms with Gasteiger partial charge in [0.15, 0.2) is 0 Å². The zero-order valence-electron chi connectivity index (χ0n) is 22.5. The molecule has 0 fully saturated rings. The van der Waals surface area contributed by atoms with Crippen molar-refractivity contribution in [3.63, 3.8) is 0 Å². The predicted molar refractivity (Wildman–Crippen MR) is 149 cm³/mol. The minimum absolute atomic E-state index is 0.969. The summed E-state index contributed by atoms with van der Waals surface area (Å²) in [6.07, 6.45) is 46.0. The van der Waals surface area contributed by atoms with E-state index in [1.54, 1.807) is 0 Å². The first kappa shape index (κ1) is 33.3. The highest BCUT2D eigenvalue weighted by molar-refractivity contribution is 4.83. The molecule has 0 unspecified atom stereocenters. The van der Waals surface area contributed by atoms with Gasteiger partial charge in [0.25, 0.3) is 0 Å². The summed E-state index contributed by atoms with van der Waals surface area (Å²) in [5.74, 6) is 5.40. The Kier molecular flexibility index (Phi) is 36.1. The molecule has 0 aliphatic carbocycles. The van der Waals surface area contributed by atoms with Crippen molar-refractivity contribution >= 4 is 0 Å². The van der Waals surface area contributed by atoms with Crippen molar-refractivity contribution in [1.82, 2.24) is 0 Å². The van der Waals surface area contributed by atoms with E-state index in [0.717, 1.165) is 12.8 Å². The normalized spacial score (nSPS) is 10.2. The Labute approximate surface area is 205 Å². The molecule has 0 nitrogen and oxygen atoms in total. The van der Waals surface area contributed by atoms with Crippen LogP contribution in [-0.2, 0) is 0 Å². The van der Waals surface area contributed by atoms with Crippen molar-refractivity contribution in [1.29, 1.82) is 0 Å². The van der Waals surface area contributed by atoms with E-state index in [9.17, 15) is 0 Å². The van der Waals surface area contributed by atoms with Gasteiger partial charge in [0.2, 0.25) is 0 Å². The third kappa shape index (κ3) is 36.5. The first-order valence-corrected chi connectivity index (χ1v) is 14.7. The molecule has 0 amide bonds.